The topological polar surface area (TPSA) is 70.2 Å². The number of hydrogen-bond donors (Lipinski definition) is 2. The zero-order chi connectivity index (χ0) is 13.2. The van der Waals surface area contributed by atoms with Crippen LogP contribution in [0.1, 0.15) is 6.42 Å². The lowest BCUT2D eigenvalue weighted by atomic mass is 10.3. The van der Waals surface area contributed by atoms with Gasteiger partial charge >= 0.3 is 6.03 Å². The van der Waals surface area contributed by atoms with Crippen molar-refractivity contribution in [2.45, 2.75) is 12.5 Å². The lowest BCUT2D eigenvalue weighted by molar-refractivity contribution is 0.221. The van der Waals surface area contributed by atoms with Crippen LogP contribution in [-0.4, -0.2) is 47.1 Å². The fraction of sp³-hybridized carbons (Fsp3) is 0.417. The normalized spacial score (nSPS) is 19.0. The molecule has 2 amide bonds. The van der Waals surface area contributed by atoms with Crippen LogP contribution in [0, 0.1) is 0 Å². The summed E-state index contributed by atoms with van der Waals surface area (Å²) in [6, 6.07) is 2.21. The molecule has 100 valence electrons. The predicted octanol–water partition coefficient (Wildman–Crippen LogP) is 1.52. The van der Waals surface area contributed by atoms with Gasteiger partial charge in [0.25, 0.3) is 0 Å². The van der Waals surface area contributed by atoms with E-state index in [9.17, 15) is 4.79 Å². The van der Waals surface area contributed by atoms with Crippen molar-refractivity contribution in [2.75, 3.05) is 25.5 Å². The largest absolute Gasteiger partial charge is 0.323 e. The second-order valence-corrected chi connectivity index (χ2v) is 5.54. The molecule has 0 aliphatic carbocycles. The second-order valence-electron chi connectivity index (χ2n) is 4.51. The molecule has 2 aromatic rings. The molecule has 0 bridgehead atoms. The van der Waals surface area contributed by atoms with Gasteiger partial charge in [0.1, 0.15) is 5.52 Å². The number of nitrogens with zero attached hydrogens (tertiary/aromatic N) is 3. The van der Waals surface area contributed by atoms with E-state index in [1.807, 2.05) is 18.0 Å². The highest BCUT2D eigenvalue weighted by Gasteiger charge is 2.25. The van der Waals surface area contributed by atoms with Crippen LogP contribution < -0.4 is 10.6 Å². The van der Waals surface area contributed by atoms with Crippen LogP contribution in [-0.2, 0) is 0 Å². The van der Waals surface area contributed by atoms with Gasteiger partial charge in [-0.2, -0.15) is 0 Å². The van der Waals surface area contributed by atoms with Gasteiger partial charge in [0, 0.05) is 25.3 Å². The standard InChI is InChI=1S/C12H15N5OS/c1-13-8-3-5-17(7-8)12(18)16-11-15-9-6-14-4-2-10(9)19-11/h2,4,6,8,13H,3,5,7H2,1H3,(H,15,16,18). The smallest absolute Gasteiger partial charge is 0.323 e. The summed E-state index contributed by atoms with van der Waals surface area (Å²) >= 11 is 1.47. The Morgan fingerprint density at radius 3 is 3.21 bits per heavy atom. The van der Waals surface area contributed by atoms with Gasteiger partial charge in [0.2, 0.25) is 0 Å². The maximum absolute atomic E-state index is 12.1. The van der Waals surface area contributed by atoms with Gasteiger partial charge in [-0.1, -0.05) is 11.3 Å². The molecule has 0 spiro atoms. The molecule has 7 heteroatoms. The molecule has 1 saturated heterocycles. The zero-order valence-corrected chi connectivity index (χ0v) is 11.4. The summed E-state index contributed by atoms with van der Waals surface area (Å²) < 4.78 is 1.03. The minimum atomic E-state index is -0.0789. The van der Waals surface area contributed by atoms with Crippen molar-refractivity contribution in [2.24, 2.45) is 0 Å². The van der Waals surface area contributed by atoms with Crippen LogP contribution in [0.2, 0.25) is 0 Å². The Kier molecular flexibility index (Phi) is 3.31. The maximum Gasteiger partial charge on any atom is 0.323 e. The van der Waals surface area contributed by atoms with Crippen molar-refractivity contribution in [1.82, 2.24) is 20.2 Å². The third-order valence-corrected chi connectivity index (χ3v) is 4.24. The molecule has 3 heterocycles. The van der Waals surface area contributed by atoms with Gasteiger partial charge in [-0.3, -0.25) is 10.3 Å². The van der Waals surface area contributed by atoms with Crippen LogP contribution in [0.15, 0.2) is 18.5 Å². The third-order valence-electron chi connectivity index (χ3n) is 3.29. The highest BCUT2D eigenvalue weighted by molar-refractivity contribution is 7.22. The van der Waals surface area contributed by atoms with Crippen molar-refractivity contribution in [3.8, 4) is 0 Å². The van der Waals surface area contributed by atoms with Gasteiger partial charge < -0.3 is 10.2 Å². The molecule has 2 N–H and O–H groups in total. The van der Waals surface area contributed by atoms with E-state index in [-0.39, 0.29) is 6.03 Å². The number of likely N-dealkylation sites (tertiary alicyclic amines) is 1. The molecule has 6 nitrogen and oxygen atoms in total. The number of aromatic nitrogens is 2. The fourth-order valence-electron chi connectivity index (χ4n) is 2.18. The molecule has 3 rings (SSSR count). The molecule has 19 heavy (non-hydrogen) atoms. The van der Waals surface area contributed by atoms with Crippen molar-refractivity contribution < 1.29 is 4.79 Å². The first kappa shape index (κ1) is 12.3. The quantitative estimate of drug-likeness (QED) is 0.873. The van der Waals surface area contributed by atoms with E-state index < -0.39 is 0 Å². The van der Waals surface area contributed by atoms with Crippen LogP contribution in [0.5, 0.6) is 0 Å². The Labute approximate surface area is 114 Å². The Balaban J connectivity index is 1.69. The summed E-state index contributed by atoms with van der Waals surface area (Å²) in [6.07, 6.45) is 4.42. The Hall–Kier alpha value is -1.73. The molecular formula is C12H15N5OS. The van der Waals surface area contributed by atoms with Crippen LogP contribution in [0.25, 0.3) is 10.2 Å². The number of urea groups is 1. The van der Waals surface area contributed by atoms with Gasteiger partial charge in [-0.25, -0.2) is 9.78 Å². The zero-order valence-electron chi connectivity index (χ0n) is 10.6. The first-order valence-electron chi connectivity index (χ1n) is 6.20. The third kappa shape index (κ3) is 2.52. The number of thiazole rings is 1. The van der Waals surface area contributed by atoms with E-state index in [0.717, 1.165) is 29.7 Å². The van der Waals surface area contributed by atoms with E-state index >= 15 is 0 Å². The Morgan fingerprint density at radius 1 is 1.58 bits per heavy atom. The van der Waals surface area contributed by atoms with Crippen molar-refractivity contribution >= 4 is 32.7 Å². The first-order valence-corrected chi connectivity index (χ1v) is 7.01. The van der Waals surface area contributed by atoms with Crippen LogP contribution in [0.4, 0.5) is 9.93 Å². The van der Waals surface area contributed by atoms with Gasteiger partial charge in [0.15, 0.2) is 5.13 Å². The summed E-state index contributed by atoms with van der Waals surface area (Å²) in [5, 5.41) is 6.67. The summed E-state index contributed by atoms with van der Waals surface area (Å²) in [6.45, 7) is 1.53. The number of fused-ring (bicyclic) bond motifs is 1. The number of likely N-dealkylation sites (N-methyl/N-ethyl adjacent to an activating group) is 1. The highest BCUT2D eigenvalue weighted by Crippen LogP contribution is 2.25. The molecule has 1 aliphatic rings. The summed E-state index contributed by atoms with van der Waals surface area (Å²) in [5.41, 5.74) is 0.817. The molecule has 0 radical (unpaired) electrons. The molecule has 1 unspecified atom stereocenters. The molecule has 1 aliphatic heterocycles. The summed E-state index contributed by atoms with van der Waals surface area (Å²) in [4.78, 5) is 22.3. The number of amides is 2. The Morgan fingerprint density at radius 2 is 2.47 bits per heavy atom. The Bertz CT molecular complexity index is 566. The number of rotatable bonds is 2. The number of nitrogens with one attached hydrogen (secondary N) is 2. The average Bonchev–Trinajstić information content (AvgIpc) is 3.04. The predicted molar refractivity (Wildman–Crippen MR) is 75.5 cm³/mol. The second kappa shape index (κ2) is 5.10. The summed E-state index contributed by atoms with van der Waals surface area (Å²) in [5.74, 6) is 0. The van der Waals surface area contributed by atoms with E-state index in [0.29, 0.717) is 11.2 Å². The van der Waals surface area contributed by atoms with E-state index in [1.54, 1.807) is 12.4 Å². The van der Waals surface area contributed by atoms with Crippen molar-refractivity contribution in [1.29, 1.82) is 0 Å². The molecule has 2 aromatic heterocycles. The van der Waals surface area contributed by atoms with Gasteiger partial charge in [0.05, 0.1) is 10.9 Å². The fourth-order valence-corrected chi connectivity index (χ4v) is 3.01. The lowest BCUT2D eigenvalue weighted by Crippen LogP contribution is -2.36. The highest BCUT2D eigenvalue weighted by atomic mass is 32.1. The minimum Gasteiger partial charge on any atom is -0.323 e. The maximum atomic E-state index is 12.1. The van der Waals surface area contributed by atoms with Crippen molar-refractivity contribution in [3.05, 3.63) is 18.5 Å². The number of anilines is 1. The van der Waals surface area contributed by atoms with Crippen molar-refractivity contribution in [3.63, 3.8) is 0 Å². The monoisotopic (exact) mass is 277 g/mol. The van der Waals surface area contributed by atoms with Crippen LogP contribution in [0.3, 0.4) is 0 Å². The first-order chi connectivity index (χ1) is 9.26. The average molecular weight is 277 g/mol. The van der Waals surface area contributed by atoms with E-state index in [2.05, 4.69) is 20.6 Å². The van der Waals surface area contributed by atoms with Gasteiger partial charge in [-0.05, 0) is 19.5 Å². The summed E-state index contributed by atoms with van der Waals surface area (Å²) in [7, 11) is 1.92. The number of carbonyl (C=O) groups is 1. The lowest BCUT2D eigenvalue weighted by Gasteiger charge is -2.15. The molecule has 0 saturated carbocycles. The molecular weight excluding hydrogens is 262 g/mol. The molecule has 1 atom stereocenters. The van der Waals surface area contributed by atoms with Crippen LogP contribution >= 0.6 is 11.3 Å². The number of carbonyl (C=O) groups excluding carboxylic acids is 1. The number of pyridine rings is 1. The molecule has 0 aromatic carbocycles. The SMILES string of the molecule is CNC1CCN(C(=O)Nc2nc3cnccc3s2)C1. The number of hydrogen-bond acceptors (Lipinski definition) is 5. The van der Waals surface area contributed by atoms with E-state index in [1.165, 1.54) is 11.3 Å². The van der Waals surface area contributed by atoms with Gasteiger partial charge in [-0.15, -0.1) is 0 Å². The molecule has 1 fully saturated rings. The van der Waals surface area contributed by atoms with E-state index in [4.69, 9.17) is 0 Å². The minimum absolute atomic E-state index is 0.0789.